The minimum Gasteiger partial charge on any atom is -0.325 e. The molecular formula is C18H17FN4O. The van der Waals surface area contributed by atoms with Crippen molar-refractivity contribution in [1.82, 2.24) is 14.8 Å². The van der Waals surface area contributed by atoms with Crippen LogP contribution in [0.25, 0.3) is 11.4 Å². The van der Waals surface area contributed by atoms with Gasteiger partial charge in [0.15, 0.2) is 5.82 Å². The van der Waals surface area contributed by atoms with E-state index in [1.54, 1.807) is 18.5 Å². The molecule has 0 aliphatic heterocycles. The first-order valence-corrected chi connectivity index (χ1v) is 7.69. The highest BCUT2D eigenvalue weighted by molar-refractivity contribution is 5.95. The Morgan fingerprint density at radius 2 is 2.04 bits per heavy atom. The van der Waals surface area contributed by atoms with E-state index in [2.05, 4.69) is 15.5 Å². The summed E-state index contributed by atoms with van der Waals surface area (Å²) in [6.45, 7) is 2.73. The number of carbonyl (C=O) groups is 1. The topological polar surface area (TPSA) is 59.8 Å². The molecule has 0 fully saturated rings. The van der Waals surface area contributed by atoms with Crippen molar-refractivity contribution in [1.29, 1.82) is 0 Å². The first-order chi connectivity index (χ1) is 11.7. The third-order valence-corrected chi connectivity index (χ3v) is 3.65. The van der Waals surface area contributed by atoms with Gasteiger partial charge in [-0.1, -0.05) is 24.3 Å². The van der Waals surface area contributed by atoms with Crippen molar-refractivity contribution in [2.45, 2.75) is 19.9 Å². The first kappa shape index (κ1) is 15.9. The molecule has 0 saturated carbocycles. The molecule has 0 radical (unpaired) electrons. The predicted molar refractivity (Wildman–Crippen MR) is 89.9 cm³/mol. The lowest BCUT2D eigenvalue weighted by atomic mass is 10.1. The molecule has 3 aromatic rings. The second-order valence-electron chi connectivity index (χ2n) is 5.34. The molecule has 1 N–H and O–H groups in total. The number of amides is 1. The Kier molecular flexibility index (Phi) is 4.65. The summed E-state index contributed by atoms with van der Waals surface area (Å²) in [6, 6.07) is 13.5. The number of nitrogens with one attached hydrogen (secondary N) is 1. The average Bonchev–Trinajstić information content (AvgIpc) is 3.03. The monoisotopic (exact) mass is 324 g/mol. The molecule has 6 heteroatoms. The number of rotatable bonds is 5. The van der Waals surface area contributed by atoms with Crippen LogP contribution in [-0.4, -0.2) is 20.7 Å². The summed E-state index contributed by atoms with van der Waals surface area (Å²) in [5.74, 6) is 0.131. The van der Waals surface area contributed by atoms with Gasteiger partial charge in [-0.3, -0.25) is 4.79 Å². The van der Waals surface area contributed by atoms with Crippen LogP contribution in [0.5, 0.6) is 0 Å². The largest absolute Gasteiger partial charge is 0.325 e. The minimum absolute atomic E-state index is 0.104. The van der Waals surface area contributed by atoms with Crippen molar-refractivity contribution in [3.63, 3.8) is 0 Å². The summed E-state index contributed by atoms with van der Waals surface area (Å²) in [4.78, 5) is 12.3. The number of hydrogen-bond acceptors (Lipinski definition) is 3. The standard InChI is InChI=1S/C18H17FN4O/c1-2-23-12-20-22-18(23)15-8-3-4-9-16(15)21-17(24)11-13-6-5-7-14(19)10-13/h3-10,12H,2,11H2,1H3,(H,21,24). The lowest BCUT2D eigenvalue weighted by molar-refractivity contribution is -0.115. The van der Waals surface area contributed by atoms with Crippen LogP contribution in [0.1, 0.15) is 12.5 Å². The van der Waals surface area contributed by atoms with Gasteiger partial charge in [-0.2, -0.15) is 0 Å². The third kappa shape index (κ3) is 3.48. The molecule has 1 heterocycles. The van der Waals surface area contributed by atoms with Crippen LogP contribution < -0.4 is 5.32 Å². The van der Waals surface area contributed by atoms with E-state index < -0.39 is 0 Å². The number of carbonyl (C=O) groups excluding carboxylic acids is 1. The number of anilines is 1. The number of aromatic nitrogens is 3. The van der Waals surface area contributed by atoms with Crippen molar-refractivity contribution in [3.8, 4) is 11.4 Å². The summed E-state index contributed by atoms with van der Waals surface area (Å²) in [5.41, 5.74) is 2.08. The van der Waals surface area contributed by atoms with Gasteiger partial charge in [0.25, 0.3) is 0 Å². The molecule has 0 atom stereocenters. The molecule has 0 aliphatic rings. The molecule has 2 aromatic carbocycles. The highest BCUT2D eigenvalue weighted by atomic mass is 19.1. The highest BCUT2D eigenvalue weighted by Gasteiger charge is 2.13. The van der Waals surface area contributed by atoms with Crippen LogP contribution in [0.2, 0.25) is 0 Å². The van der Waals surface area contributed by atoms with E-state index in [1.807, 2.05) is 35.8 Å². The molecule has 122 valence electrons. The van der Waals surface area contributed by atoms with Crippen LogP contribution in [-0.2, 0) is 17.8 Å². The second-order valence-corrected chi connectivity index (χ2v) is 5.34. The van der Waals surface area contributed by atoms with Crippen LogP contribution in [0, 0.1) is 5.82 Å². The zero-order valence-corrected chi connectivity index (χ0v) is 13.2. The fourth-order valence-corrected chi connectivity index (χ4v) is 2.51. The smallest absolute Gasteiger partial charge is 0.228 e. The van der Waals surface area contributed by atoms with Gasteiger partial charge < -0.3 is 9.88 Å². The third-order valence-electron chi connectivity index (χ3n) is 3.65. The molecule has 0 bridgehead atoms. The Morgan fingerprint density at radius 3 is 2.83 bits per heavy atom. The number of aryl methyl sites for hydroxylation is 1. The van der Waals surface area contributed by atoms with Gasteiger partial charge in [-0.25, -0.2) is 4.39 Å². The van der Waals surface area contributed by atoms with Gasteiger partial charge in [0, 0.05) is 12.1 Å². The molecule has 0 spiro atoms. The zero-order valence-electron chi connectivity index (χ0n) is 13.2. The fourth-order valence-electron chi connectivity index (χ4n) is 2.51. The van der Waals surface area contributed by atoms with Crippen molar-refractivity contribution < 1.29 is 9.18 Å². The number of para-hydroxylation sites is 1. The maximum absolute atomic E-state index is 13.2. The highest BCUT2D eigenvalue weighted by Crippen LogP contribution is 2.26. The molecule has 24 heavy (non-hydrogen) atoms. The van der Waals surface area contributed by atoms with Gasteiger partial charge in [0.2, 0.25) is 5.91 Å². The lowest BCUT2D eigenvalue weighted by Crippen LogP contribution is -2.15. The average molecular weight is 324 g/mol. The van der Waals surface area contributed by atoms with Crippen molar-refractivity contribution in [2.75, 3.05) is 5.32 Å². The molecule has 1 aromatic heterocycles. The van der Waals surface area contributed by atoms with Crippen LogP contribution in [0.4, 0.5) is 10.1 Å². The molecular weight excluding hydrogens is 307 g/mol. The molecule has 0 unspecified atom stereocenters. The normalized spacial score (nSPS) is 10.6. The number of halogens is 1. The Labute approximate surface area is 139 Å². The molecule has 3 rings (SSSR count). The lowest BCUT2D eigenvalue weighted by Gasteiger charge is -2.11. The molecule has 5 nitrogen and oxygen atoms in total. The van der Waals surface area contributed by atoms with Crippen molar-refractivity contribution in [2.24, 2.45) is 0 Å². The van der Waals surface area contributed by atoms with Gasteiger partial charge >= 0.3 is 0 Å². The zero-order chi connectivity index (χ0) is 16.9. The predicted octanol–water partition coefficient (Wildman–Crippen LogP) is 3.29. The van der Waals surface area contributed by atoms with Gasteiger partial charge in [0.1, 0.15) is 12.1 Å². The molecule has 0 aliphatic carbocycles. The SMILES string of the molecule is CCn1cnnc1-c1ccccc1NC(=O)Cc1cccc(F)c1. The summed E-state index contributed by atoms with van der Waals surface area (Å²) < 4.78 is 15.1. The summed E-state index contributed by atoms with van der Waals surface area (Å²) in [7, 11) is 0. The van der Waals surface area contributed by atoms with Crippen LogP contribution in [0.15, 0.2) is 54.9 Å². The Bertz CT molecular complexity index is 859. The Hall–Kier alpha value is -3.02. The van der Waals surface area contributed by atoms with E-state index in [9.17, 15) is 9.18 Å². The van der Waals surface area contributed by atoms with Crippen LogP contribution in [0.3, 0.4) is 0 Å². The van der Waals surface area contributed by atoms with E-state index >= 15 is 0 Å². The van der Waals surface area contributed by atoms with Gasteiger partial charge in [-0.05, 0) is 36.8 Å². The maximum atomic E-state index is 13.2. The molecule has 1 amide bonds. The number of hydrogen-bond donors (Lipinski definition) is 1. The van der Waals surface area contributed by atoms with Gasteiger partial charge in [-0.15, -0.1) is 10.2 Å². The number of benzene rings is 2. The Balaban J connectivity index is 1.82. The quantitative estimate of drug-likeness (QED) is 0.783. The van der Waals surface area contributed by atoms with E-state index in [-0.39, 0.29) is 18.1 Å². The number of nitrogens with zero attached hydrogens (tertiary/aromatic N) is 3. The summed E-state index contributed by atoms with van der Waals surface area (Å²) in [6.07, 6.45) is 1.76. The molecule has 0 saturated heterocycles. The van der Waals surface area contributed by atoms with E-state index in [0.29, 0.717) is 17.1 Å². The van der Waals surface area contributed by atoms with E-state index in [1.165, 1.54) is 12.1 Å². The summed E-state index contributed by atoms with van der Waals surface area (Å²) >= 11 is 0. The van der Waals surface area contributed by atoms with E-state index in [4.69, 9.17) is 0 Å². The van der Waals surface area contributed by atoms with Gasteiger partial charge in [0.05, 0.1) is 12.1 Å². The van der Waals surface area contributed by atoms with Crippen molar-refractivity contribution in [3.05, 3.63) is 66.2 Å². The maximum Gasteiger partial charge on any atom is 0.228 e. The second kappa shape index (κ2) is 7.04. The van der Waals surface area contributed by atoms with E-state index in [0.717, 1.165) is 12.1 Å². The minimum atomic E-state index is -0.350. The first-order valence-electron chi connectivity index (χ1n) is 7.69. The van der Waals surface area contributed by atoms with Crippen LogP contribution >= 0.6 is 0 Å². The van der Waals surface area contributed by atoms with Crippen molar-refractivity contribution >= 4 is 11.6 Å². The summed E-state index contributed by atoms with van der Waals surface area (Å²) in [5, 5.41) is 10.9. The Morgan fingerprint density at radius 1 is 1.21 bits per heavy atom. The fraction of sp³-hybridized carbons (Fsp3) is 0.167.